The van der Waals surface area contributed by atoms with E-state index in [0.717, 1.165) is 29.4 Å². The van der Waals surface area contributed by atoms with Crippen molar-refractivity contribution in [1.82, 2.24) is 10.2 Å². The van der Waals surface area contributed by atoms with E-state index < -0.39 is 0 Å². The van der Waals surface area contributed by atoms with E-state index in [9.17, 15) is 9.59 Å². The third-order valence-corrected chi connectivity index (χ3v) is 4.01. The van der Waals surface area contributed by atoms with Gasteiger partial charge in [-0.05, 0) is 18.1 Å². The molecule has 0 unspecified atom stereocenters. The second-order valence-corrected chi connectivity index (χ2v) is 5.83. The number of carbonyl (C=O) groups is 2. The summed E-state index contributed by atoms with van der Waals surface area (Å²) in [7, 11) is 0. The molecular formula is C16H23BrN2O2. The van der Waals surface area contributed by atoms with Crippen LogP contribution < -0.4 is 5.32 Å². The van der Waals surface area contributed by atoms with Crippen molar-refractivity contribution >= 4 is 27.7 Å². The molecule has 0 saturated carbocycles. The van der Waals surface area contributed by atoms with Gasteiger partial charge in [0.2, 0.25) is 11.8 Å². The summed E-state index contributed by atoms with van der Waals surface area (Å²) in [4.78, 5) is 25.1. The molecule has 0 spiro atoms. The number of benzene rings is 1. The van der Waals surface area contributed by atoms with Crippen molar-refractivity contribution in [3.8, 4) is 0 Å². The van der Waals surface area contributed by atoms with Crippen LogP contribution in [0.1, 0.15) is 32.3 Å². The predicted octanol–water partition coefficient (Wildman–Crippen LogP) is 2.76. The molecule has 0 aromatic heterocycles. The smallest absolute Gasteiger partial charge is 0.224 e. The molecule has 21 heavy (non-hydrogen) atoms. The van der Waals surface area contributed by atoms with E-state index in [2.05, 4.69) is 28.2 Å². The number of hydrogen-bond acceptors (Lipinski definition) is 2. The molecule has 5 heteroatoms. The third kappa shape index (κ3) is 6.76. The Kier molecular flexibility index (Phi) is 8.05. The highest BCUT2D eigenvalue weighted by atomic mass is 79.9. The molecule has 2 amide bonds. The topological polar surface area (TPSA) is 49.4 Å². The van der Waals surface area contributed by atoms with Crippen LogP contribution in [0, 0.1) is 0 Å². The molecule has 0 bridgehead atoms. The van der Waals surface area contributed by atoms with Crippen LogP contribution in [-0.2, 0) is 16.0 Å². The number of hydrogen-bond donors (Lipinski definition) is 1. The summed E-state index contributed by atoms with van der Waals surface area (Å²) in [6.07, 6.45) is 2.39. The molecule has 0 radical (unpaired) electrons. The van der Waals surface area contributed by atoms with Gasteiger partial charge in [-0.3, -0.25) is 9.59 Å². The Morgan fingerprint density at radius 1 is 1.24 bits per heavy atom. The van der Waals surface area contributed by atoms with Gasteiger partial charge >= 0.3 is 0 Å². The van der Waals surface area contributed by atoms with Gasteiger partial charge in [0.1, 0.15) is 0 Å². The highest BCUT2D eigenvalue weighted by Gasteiger charge is 2.09. The number of rotatable bonds is 8. The van der Waals surface area contributed by atoms with Gasteiger partial charge in [0.05, 0.1) is 6.42 Å². The molecule has 1 aromatic rings. The molecule has 0 aliphatic carbocycles. The summed E-state index contributed by atoms with van der Waals surface area (Å²) in [5.41, 5.74) is 0.962. The van der Waals surface area contributed by atoms with Crippen molar-refractivity contribution in [1.29, 1.82) is 0 Å². The maximum Gasteiger partial charge on any atom is 0.224 e. The summed E-state index contributed by atoms with van der Waals surface area (Å²) in [6.45, 7) is 5.48. The van der Waals surface area contributed by atoms with Gasteiger partial charge in [0.15, 0.2) is 0 Å². The minimum absolute atomic E-state index is 0.0270. The monoisotopic (exact) mass is 354 g/mol. The molecule has 0 aliphatic rings. The maximum absolute atomic E-state index is 11.9. The van der Waals surface area contributed by atoms with Gasteiger partial charge in [0.25, 0.3) is 0 Å². The molecule has 0 saturated heterocycles. The highest BCUT2D eigenvalue weighted by Crippen LogP contribution is 2.16. The van der Waals surface area contributed by atoms with E-state index in [1.165, 1.54) is 0 Å². The SMILES string of the molecule is CCCCN(CCNC(=O)Cc1ccccc1Br)C(C)=O. The first-order valence-corrected chi connectivity index (χ1v) is 8.09. The molecular weight excluding hydrogens is 332 g/mol. The summed E-state index contributed by atoms with van der Waals surface area (Å²) in [6, 6.07) is 7.68. The molecule has 1 N–H and O–H groups in total. The Bertz CT molecular complexity index is 477. The summed E-state index contributed by atoms with van der Waals surface area (Å²) >= 11 is 3.43. The van der Waals surface area contributed by atoms with E-state index in [4.69, 9.17) is 0 Å². The lowest BCUT2D eigenvalue weighted by Gasteiger charge is -2.21. The van der Waals surface area contributed by atoms with Gasteiger partial charge in [-0.15, -0.1) is 0 Å². The number of amides is 2. The van der Waals surface area contributed by atoms with Crippen LogP contribution in [0.5, 0.6) is 0 Å². The quantitative estimate of drug-likeness (QED) is 0.780. The number of unbranched alkanes of at least 4 members (excludes halogenated alkanes) is 1. The molecule has 1 aromatic carbocycles. The molecule has 1 rings (SSSR count). The summed E-state index contributed by atoms with van der Waals surface area (Å²) in [5, 5.41) is 2.87. The van der Waals surface area contributed by atoms with Crippen LogP contribution in [-0.4, -0.2) is 36.3 Å². The maximum atomic E-state index is 11.9. The number of carbonyl (C=O) groups excluding carboxylic acids is 2. The third-order valence-electron chi connectivity index (χ3n) is 3.24. The van der Waals surface area contributed by atoms with Gasteiger partial charge in [-0.1, -0.05) is 47.5 Å². The van der Waals surface area contributed by atoms with Crippen LogP contribution in [0.3, 0.4) is 0 Å². The molecule has 0 aliphatic heterocycles. The zero-order valence-corrected chi connectivity index (χ0v) is 14.3. The minimum atomic E-state index is -0.0270. The zero-order chi connectivity index (χ0) is 15.7. The minimum Gasteiger partial charge on any atom is -0.354 e. The van der Waals surface area contributed by atoms with E-state index >= 15 is 0 Å². The van der Waals surface area contributed by atoms with Crippen molar-refractivity contribution in [3.63, 3.8) is 0 Å². The number of nitrogens with one attached hydrogen (secondary N) is 1. The largest absolute Gasteiger partial charge is 0.354 e. The van der Waals surface area contributed by atoms with Gasteiger partial charge in [-0.2, -0.15) is 0 Å². The van der Waals surface area contributed by atoms with Gasteiger partial charge < -0.3 is 10.2 Å². The first-order valence-electron chi connectivity index (χ1n) is 7.30. The molecule has 0 atom stereocenters. The van der Waals surface area contributed by atoms with E-state index in [0.29, 0.717) is 19.5 Å². The average molecular weight is 355 g/mol. The van der Waals surface area contributed by atoms with Crippen LogP contribution in [0.15, 0.2) is 28.7 Å². The van der Waals surface area contributed by atoms with E-state index in [1.54, 1.807) is 11.8 Å². The van der Waals surface area contributed by atoms with Crippen molar-refractivity contribution in [2.24, 2.45) is 0 Å². The van der Waals surface area contributed by atoms with Crippen molar-refractivity contribution in [3.05, 3.63) is 34.3 Å². The molecule has 4 nitrogen and oxygen atoms in total. The van der Waals surface area contributed by atoms with Crippen molar-refractivity contribution < 1.29 is 9.59 Å². The lowest BCUT2D eigenvalue weighted by atomic mass is 10.1. The number of nitrogens with zero attached hydrogens (tertiary/aromatic N) is 1. The van der Waals surface area contributed by atoms with Crippen molar-refractivity contribution in [2.45, 2.75) is 33.1 Å². The zero-order valence-electron chi connectivity index (χ0n) is 12.7. The highest BCUT2D eigenvalue weighted by molar-refractivity contribution is 9.10. The Morgan fingerprint density at radius 3 is 2.57 bits per heavy atom. The lowest BCUT2D eigenvalue weighted by Crippen LogP contribution is -2.38. The first kappa shape index (κ1) is 17.7. The fraction of sp³-hybridized carbons (Fsp3) is 0.500. The van der Waals surface area contributed by atoms with Crippen LogP contribution >= 0.6 is 15.9 Å². The first-order chi connectivity index (χ1) is 10.0. The summed E-state index contributed by atoms with van der Waals surface area (Å²) < 4.78 is 0.938. The molecule has 116 valence electrons. The standard InChI is InChI=1S/C16H23BrN2O2/c1-3-4-10-19(13(2)20)11-9-18-16(21)12-14-7-5-6-8-15(14)17/h5-8H,3-4,9-12H2,1-2H3,(H,18,21). The average Bonchev–Trinajstić information content (AvgIpc) is 2.44. The Hall–Kier alpha value is -1.36. The van der Waals surface area contributed by atoms with Gasteiger partial charge in [0, 0.05) is 31.0 Å². The molecule has 0 fully saturated rings. The Labute approximate surface area is 135 Å². The van der Waals surface area contributed by atoms with Gasteiger partial charge in [-0.25, -0.2) is 0 Å². The van der Waals surface area contributed by atoms with Crippen LogP contribution in [0.4, 0.5) is 0 Å². The Morgan fingerprint density at radius 2 is 1.95 bits per heavy atom. The predicted molar refractivity (Wildman–Crippen MR) is 88.0 cm³/mol. The lowest BCUT2D eigenvalue weighted by molar-refractivity contribution is -0.129. The van der Waals surface area contributed by atoms with Crippen molar-refractivity contribution in [2.75, 3.05) is 19.6 Å². The van der Waals surface area contributed by atoms with Crippen LogP contribution in [0.2, 0.25) is 0 Å². The second kappa shape index (κ2) is 9.55. The normalized spacial score (nSPS) is 10.2. The summed E-state index contributed by atoms with van der Waals surface area (Å²) in [5.74, 6) is 0.0318. The number of halogens is 1. The Balaban J connectivity index is 2.35. The van der Waals surface area contributed by atoms with Crippen LogP contribution in [0.25, 0.3) is 0 Å². The second-order valence-electron chi connectivity index (χ2n) is 4.98. The van der Waals surface area contributed by atoms with E-state index in [1.807, 2.05) is 24.3 Å². The fourth-order valence-corrected chi connectivity index (χ4v) is 2.41. The van der Waals surface area contributed by atoms with E-state index in [-0.39, 0.29) is 11.8 Å². The fourth-order valence-electron chi connectivity index (χ4n) is 1.98. The molecule has 0 heterocycles.